The van der Waals surface area contributed by atoms with E-state index in [0.717, 1.165) is 6.92 Å². The Morgan fingerprint density at radius 2 is 1.41 bits per heavy atom. The quantitative estimate of drug-likeness (QED) is 0.459. The lowest BCUT2D eigenvalue weighted by Crippen LogP contribution is -2.45. The van der Waals surface area contributed by atoms with Crippen molar-refractivity contribution in [3.8, 4) is 0 Å². The molecular weight excluding hydrogens is 322 g/mol. The van der Waals surface area contributed by atoms with E-state index in [4.69, 9.17) is 5.11 Å². The molecule has 0 aromatic rings. The first-order chi connectivity index (χ1) is 9.74. The van der Waals surface area contributed by atoms with Crippen LogP contribution >= 0.6 is 0 Å². The molecule has 0 amide bonds. The first-order valence-electron chi connectivity index (χ1n) is 5.44. The smallest absolute Gasteiger partial charge is 0.349 e. The minimum Gasteiger partial charge on any atom is -0.478 e. The molecule has 0 spiro atoms. The summed E-state index contributed by atoms with van der Waals surface area (Å²) < 4.78 is 76.6. The van der Waals surface area contributed by atoms with E-state index in [1.807, 2.05) is 0 Å². The van der Waals surface area contributed by atoms with E-state index in [-0.39, 0.29) is 5.57 Å². The lowest BCUT2D eigenvalue weighted by atomic mass is 10.2. The summed E-state index contributed by atoms with van der Waals surface area (Å²) in [5.74, 6) is -7.61. The maximum Gasteiger partial charge on any atom is 0.349 e. The third-order valence-corrected chi connectivity index (χ3v) is 1.82. The molecular formula is C12H14F6O4. The zero-order chi connectivity index (χ0) is 18.2. The van der Waals surface area contributed by atoms with Crippen LogP contribution < -0.4 is 0 Å². The molecule has 10 heteroatoms. The monoisotopic (exact) mass is 336 g/mol. The predicted octanol–water partition coefficient (Wildman–Crippen LogP) is 3.29. The Morgan fingerprint density at radius 1 is 1.05 bits per heavy atom. The minimum atomic E-state index is -5.11. The second kappa shape index (κ2) is 9.11. The topological polar surface area (TPSA) is 63.6 Å². The van der Waals surface area contributed by atoms with Gasteiger partial charge in [0.1, 0.15) is 0 Å². The van der Waals surface area contributed by atoms with Gasteiger partial charge in [0, 0.05) is 11.1 Å². The van der Waals surface area contributed by atoms with Crippen LogP contribution in [0.4, 0.5) is 26.3 Å². The Hall–Kier alpha value is -2.00. The number of aliphatic carboxylic acids is 1. The van der Waals surface area contributed by atoms with Gasteiger partial charge in [-0.1, -0.05) is 13.2 Å². The van der Waals surface area contributed by atoms with Crippen molar-refractivity contribution in [3.63, 3.8) is 0 Å². The average molecular weight is 336 g/mol. The summed E-state index contributed by atoms with van der Waals surface area (Å²) in [7, 11) is 0. The molecule has 0 aliphatic heterocycles. The van der Waals surface area contributed by atoms with E-state index in [1.165, 1.54) is 6.92 Å². The molecule has 0 aliphatic carbocycles. The Labute approximate surface area is 122 Å². The van der Waals surface area contributed by atoms with Gasteiger partial charge in [0.15, 0.2) is 0 Å². The maximum absolute atomic E-state index is 12.6. The van der Waals surface area contributed by atoms with Crippen LogP contribution in [0, 0.1) is 0 Å². The predicted molar refractivity (Wildman–Crippen MR) is 64.1 cm³/mol. The molecule has 2 unspecified atom stereocenters. The number of carboxylic acids is 1. The fourth-order valence-corrected chi connectivity index (χ4v) is 0.566. The van der Waals surface area contributed by atoms with Gasteiger partial charge in [0.25, 0.3) is 6.43 Å². The molecule has 0 bridgehead atoms. The van der Waals surface area contributed by atoms with Gasteiger partial charge in [0.05, 0.1) is 0 Å². The van der Waals surface area contributed by atoms with Crippen LogP contribution in [0.25, 0.3) is 0 Å². The van der Waals surface area contributed by atoms with E-state index in [0.29, 0.717) is 0 Å². The molecule has 0 aromatic heterocycles. The van der Waals surface area contributed by atoms with E-state index in [9.17, 15) is 35.9 Å². The Bertz CT molecular complexity index is 423. The van der Waals surface area contributed by atoms with Crippen LogP contribution in [0.2, 0.25) is 0 Å². The first kappa shape index (κ1) is 22.3. The Balaban J connectivity index is 0. The molecule has 128 valence electrons. The van der Waals surface area contributed by atoms with Crippen molar-refractivity contribution in [1.29, 1.82) is 0 Å². The van der Waals surface area contributed by atoms with E-state index in [1.54, 1.807) is 0 Å². The molecule has 0 radical (unpaired) electrons. The van der Waals surface area contributed by atoms with E-state index >= 15 is 0 Å². The van der Waals surface area contributed by atoms with Crippen LogP contribution in [0.15, 0.2) is 24.3 Å². The van der Waals surface area contributed by atoms with Gasteiger partial charge < -0.3 is 9.84 Å². The van der Waals surface area contributed by atoms with Gasteiger partial charge in [-0.05, 0) is 13.8 Å². The average Bonchev–Trinajstić information content (AvgIpc) is 2.37. The summed E-state index contributed by atoms with van der Waals surface area (Å²) in [6, 6.07) is 0. The lowest BCUT2D eigenvalue weighted by Gasteiger charge is -2.23. The number of halogens is 6. The highest BCUT2D eigenvalue weighted by Crippen LogP contribution is 2.32. The SMILES string of the molecule is C=C(C)C(=O)O.C=C(C)C(=O)OC(F)C(F)(F)C(F)C(F)F. The molecule has 4 nitrogen and oxygen atoms in total. The number of esters is 1. The number of carbonyl (C=O) groups is 2. The molecule has 22 heavy (non-hydrogen) atoms. The van der Waals surface area contributed by atoms with Crippen LogP contribution in [-0.4, -0.2) is 41.9 Å². The fraction of sp³-hybridized carbons (Fsp3) is 0.500. The van der Waals surface area contributed by atoms with Gasteiger partial charge in [-0.15, -0.1) is 0 Å². The van der Waals surface area contributed by atoms with Crippen LogP contribution in [0.5, 0.6) is 0 Å². The van der Waals surface area contributed by atoms with Gasteiger partial charge >= 0.3 is 24.2 Å². The maximum atomic E-state index is 12.6. The van der Waals surface area contributed by atoms with Gasteiger partial charge in [-0.3, -0.25) is 0 Å². The summed E-state index contributed by atoms with van der Waals surface area (Å²) >= 11 is 0. The van der Waals surface area contributed by atoms with Gasteiger partial charge in [-0.2, -0.15) is 13.2 Å². The van der Waals surface area contributed by atoms with Crippen molar-refractivity contribution in [2.45, 2.75) is 38.7 Å². The molecule has 0 saturated heterocycles. The number of rotatable bonds is 6. The number of hydrogen-bond donors (Lipinski definition) is 1. The Morgan fingerprint density at radius 3 is 1.64 bits per heavy atom. The van der Waals surface area contributed by atoms with Crippen molar-refractivity contribution >= 4 is 11.9 Å². The summed E-state index contributed by atoms with van der Waals surface area (Å²) in [6.07, 6.45) is -11.9. The summed E-state index contributed by atoms with van der Waals surface area (Å²) in [5.41, 5.74) is -0.249. The number of hydrogen-bond acceptors (Lipinski definition) is 3. The highest BCUT2D eigenvalue weighted by molar-refractivity contribution is 5.87. The normalized spacial score (nSPS) is 13.5. The Kier molecular flexibility index (Phi) is 9.22. The molecule has 0 aliphatic rings. The summed E-state index contributed by atoms with van der Waals surface area (Å²) in [4.78, 5) is 20.2. The zero-order valence-electron chi connectivity index (χ0n) is 11.6. The van der Waals surface area contributed by atoms with Crippen LogP contribution in [-0.2, 0) is 14.3 Å². The van der Waals surface area contributed by atoms with Crippen molar-refractivity contribution in [3.05, 3.63) is 24.3 Å². The van der Waals surface area contributed by atoms with Gasteiger partial charge in [0.2, 0.25) is 6.17 Å². The molecule has 0 fully saturated rings. The van der Waals surface area contributed by atoms with Crippen LogP contribution in [0.3, 0.4) is 0 Å². The molecule has 1 N–H and O–H groups in total. The number of carbonyl (C=O) groups excluding carboxylic acids is 1. The lowest BCUT2D eigenvalue weighted by molar-refractivity contribution is -0.237. The summed E-state index contributed by atoms with van der Waals surface area (Å²) in [6.45, 7) is 8.57. The zero-order valence-corrected chi connectivity index (χ0v) is 11.6. The largest absolute Gasteiger partial charge is 0.478 e. The fourth-order valence-electron chi connectivity index (χ4n) is 0.566. The van der Waals surface area contributed by atoms with E-state index < -0.39 is 42.4 Å². The van der Waals surface area contributed by atoms with Crippen molar-refractivity contribution in [2.75, 3.05) is 0 Å². The molecule has 0 saturated carbocycles. The molecule has 0 heterocycles. The summed E-state index contributed by atoms with van der Waals surface area (Å²) in [5, 5.41) is 7.89. The van der Waals surface area contributed by atoms with Crippen molar-refractivity contribution in [1.82, 2.24) is 0 Å². The van der Waals surface area contributed by atoms with Crippen LogP contribution in [0.1, 0.15) is 13.8 Å². The number of alkyl halides is 6. The molecule has 0 rings (SSSR count). The van der Waals surface area contributed by atoms with Crippen molar-refractivity contribution in [2.24, 2.45) is 0 Å². The highest BCUT2D eigenvalue weighted by atomic mass is 19.3. The van der Waals surface area contributed by atoms with Crippen molar-refractivity contribution < 1.29 is 45.8 Å². The molecule has 2 atom stereocenters. The minimum absolute atomic E-state index is 0.176. The second-order valence-corrected chi connectivity index (χ2v) is 4.00. The van der Waals surface area contributed by atoms with Gasteiger partial charge in [-0.25, -0.2) is 22.8 Å². The highest BCUT2D eigenvalue weighted by Gasteiger charge is 2.55. The molecule has 0 aromatic carbocycles. The standard InChI is InChI=1S/C8H8F6O2.C4H6O2/c1-3(2)6(15)16-7(12)8(13,14)4(9)5(10)11;1-3(2)4(5)6/h4-5,7H,1H2,2H3;1H2,2H3,(H,5,6). The number of carboxylic acid groups (broad SMARTS) is 1. The first-order valence-corrected chi connectivity index (χ1v) is 5.44. The number of ether oxygens (including phenoxy) is 1. The third kappa shape index (κ3) is 7.70. The second-order valence-electron chi connectivity index (χ2n) is 4.00. The third-order valence-electron chi connectivity index (χ3n) is 1.82. The van der Waals surface area contributed by atoms with E-state index in [2.05, 4.69) is 17.9 Å².